The zero-order chi connectivity index (χ0) is 13.1. The first-order chi connectivity index (χ1) is 8.83. The van der Waals surface area contributed by atoms with Gasteiger partial charge in [0, 0.05) is 6.61 Å². The Bertz CT molecular complexity index is 176. The van der Waals surface area contributed by atoms with Crippen LogP contribution in [0.4, 0.5) is 0 Å². The van der Waals surface area contributed by atoms with Gasteiger partial charge in [0.2, 0.25) is 0 Å². The fraction of sp³-hybridized carbons (Fsp3) is 1.00. The summed E-state index contributed by atoms with van der Waals surface area (Å²) >= 11 is 0. The van der Waals surface area contributed by atoms with Crippen LogP contribution in [0.2, 0.25) is 0 Å². The summed E-state index contributed by atoms with van der Waals surface area (Å²) in [5.41, 5.74) is 0. The Kier molecular flexibility index (Phi) is 9.59. The van der Waals surface area contributed by atoms with E-state index >= 15 is 0 Å². The lowest BCUT2D eigenvalue weighted by molar-refractivity contribution is -0.185. The molecule has 0 aliphatic carbocycles. The van der Waals surface area contributed by atoms with Crippen LogP contribution >= 0.6 is 0 Å². The van der Waals surface area contributed by atoms with E-state index in [0.717, 1.165) is 13.0 Å². The molecule has 0 aromatic rings. The highest BCUT2D eigenvalue weighted by atomic mass is 16.7. The molecule has 0 amide bonds. The number of hydrogen-bond donors (Lipinski definition) is 0. The first-order valence-corrected chi connectivity index (χ1v) is 8.10. The molecular formula is C16H32O2. The van der Waals surface area contributed by atoms with Crippen molar-refractivity contribution in [2.75, 3.05) is 6.61 Å². The lowest BCUT2D eigenvalue weighted by Crippen LogP contribution is -2.26. The molecule has 0 spiro atoms. The van der Waals surface area contributed by atoms with Gasteiger partial charge in [0.05, 0.1) is 6.10 Å². The first-order valence-electron chi connectivity index (χ1n) is 8.10. The fourth-order valence-electron chi connectivity index (χ4n) is 2.53. The van der Waals surface area contributed by atoms with Crippen LogP contribution < -0.4 is 0 Å². The smallest absolute Gasteiger partial charge is 0.157 e. The third-order valence-corrected chi connectivity index (χ3v) is 3.74. The minimum Gasteiger partial charge on any atom is -0.353 e. The average molecular weight is 256 g/mol. The van der Waals surface area contributed by atoms with Crippen molar-refractivity contribution in [3.8, 4) is 0 Å². The van der Waals surface area contributed by atoms with Crippen LogP contribution in [-0.2, 0) is 9.47 Å². The third-order valence-electron chi connectivity index (χ3n) is 3.74. The van der Waals surface area contributed by atoms with Crippen LogP contribution in [0.3, 0.4) is 0 Å². The van der Waals surface area contributed by atoms with E-state index in [9.17, 15) is 0 Å². The quantitative estimate of drug-likeness (QED) is 0.509. The van der Waals surface area contributed by atoms with Gasteiger partial charge in [-0.25, -0.2) is 0 Å². The molecule has 1 heterocycles. The van der Waals surface area contributed by atoms with Gasteiger partial charge in [0.25, 0.3) is 0 Å². The van der Waals surface area contributed by atoms with Crippen LogP contribution in [-0.4, -0.2) is 19.0 Å². The summed E-state index contributed by atoms with van der Waals surface area (Å²) < 4.78 is 11.5. The molecule has 1 rings (SSSR count). The van der Waals surface area contributed by atoms with Gasteiger partial charge in [0.15, 0.2) is 6.29 Å². The normalized spacial score (nSPS) is 22.0. The Balaban J connectivity index is 1.88. The lowest BCUT2D eigenvalue weighted by atomic mass is 10.1. The minimum atomic E-state index is 0.0818. The van der Waals surface area contributed by atoms with E-state index in [1.165, 1.54) is 64.2 Å². The molecule has 1 fully saturated rings. The van der Waals surface area contributed by atoms with Crippen molar-refractivity contribution in [1.29, 1.82) is 0 Å². The number of hydrogen-bond acceptors (Lipinski definition) is 2. The topological polar surface area (TPSA) is 18.5 Å². The van der Waals surface area contributed by atoms with Crippen molar-refractivity contribution >= 4 is 0 Å². The zero-order valence-corrected chi connectivity index (χ0v) is 12.5. The standard InChI is InChI=1S/C16H32O2/c1-3-4-5-6-7-8-9-12-15(2)18-16-13-10-11-14-17-16/h15-16H,3-14H2,1-2H3. The van der Waals surface area contributed by atoms with Crippen LogP contribution in [0.5, 0.6) is 0 Å². The largest absolute Gasteiger partial charge is 0.353 e. The molecule has 0 radical (unpaired) electrons. The van der Waals surface area contributed by atoms with Crippen molar-refractivity contribution in [1.82, 2.24) is 0 Å². The molecule has 0 N–H and O–H groups in total. The number of unbranched alkanes of at least 4 members (excludes halogenated alkanes) is 6. The summed E-state index contributed by atoms with van der Waals surface area (Å²) in [5, 5.41) is 0. The maximum Gasteiger partial charge on any atom is 0.157 e. The Morgan fingerprint density at radius 3 is 2.44 bits per heavy atom. The third kappa shape index (κ3) is 8.10. The van der Waals surface area contributed by atoms with Gasteiger partial charge in [-0.15, -0.1) is 0 Å². The molecule has 18 heavy (non-hydrogen) atoms. The molecular weight excluding hydrogens is 224 g/mol. The van der Waals surface area contributed by atoms with E-state index in [4.69, 9.17) is 9.47 Å². The molecule has 2 heteroatoms. The molecule has 0 aromatic carbocycles. The second-order valence-electron chi connectivity index (χ2n) is 5.65. The maximum atomic E-state index is 5.91. The van der Waals surface area contributed by atoms with Gasteiger partial charge in [0.1, 0.15) is 0 Å². The van der Waals surface area contributed by atoms with Crippen molar-refractivity contribution in [2.45, 2.75) is 96.9 Å². The molecule has 2 atom stereocenters. The summed E-state index contributed by atoms with van der Waals surface area (Å²) in [7, 11) is 0. The highest BCUT2D eigenvalue weighted by molar-refractivity contribution is 4.58. The molecule has 2 nitrogen and oxygen atoms in total. The van der Waals surface area contributed by atoms with Crippen molar-refractivity contribution in [3.05, 3.63) is 0 Å². The summed E-state index contributed by atoms with van der Waals surface area (Å²) in [6.07, 6.45) is 14.8. The maximum absolute atomic E-state index is 5.91. The van der Waals surface area contributed by atoms with Crippen LogP contribution in [0, 0.1) is 0 Å². The molecule has 108 valence electrons. The number of rotatable bonds is 10. The summed E-state index contributed by atoms with van der Waals surface area (Å²) in [4.78, 5) is 0. The molecule has 2 unspecified atom stereocenters. The molecule has 0 aromatic heterocycles. The molecule has 0 bridgehead atoms. The molecule has 1 aliphatic rings. The first kappa shape index (κ1) is 16.0. The van der Waals surface area contributed by atoms with Gasteiger partial charge in [-0.1, -0.05) is 51.9 Å². The highest BCUT2D eigenvalue weighted by Gasteiger charge is 2.16. The van der Waals surface area contributed by atoms with E-state index in [0.29, 0.717) is 6.10 Å². The molecule has 1 aliphatic heterocycles. The zero-order valence-electron chi connectivity index (χ0n) is 12.5. The van der Waals surface area contributed by atoms with E-state index in [-0.39, 0.29) is 6.29 Å². The summed E-state index contributed by atoms with van der Waals surface area (Å²) in [6, 6.07) is 0. The van der Waals surface area contributed by atoms with E-state index < -0.39 is 0 Å². The van der Waals surface area contributed by atoms with E-state index in [1.807, 2.05) is 0 Å². The van der Waals surface area contributed by atoms with Gasteiger partial charge in [-0.05, 0) is 32.6 Å². The van der Waals surface area contributed by atoms with Gasteiger partial charge in [-0.2, -0.15) is 0 Å². The Hall–Kier alpha value is -0.0800. The average Bonchev–Trinajstić information content (AvgIpc) is 2.39. The Morgan fingerprint density at radius 1 is 1.06 bits per heavy atom. The van der Waals surface area contributed by atoms with Crippen LogP contribution in [0.1, 0.15) is 84.5 Å². The predicted molar refractivity (Wildman–Crippen MR) is 76.7 cm³/mol. The van der Waals surface area contributed by atoms with Gasteiger partial charge >= 0.3 is 0 Å². The van der Waals surface area contributed by atoms with E-state index in [2.05, 4.69) is 13.8 Å². The summed E-state index contributed by atoms with van der Waals surface area (Å²) in [5.74, 6) is 0. The van der Waals surface area contributed by atoms with E-state index in [1.54, 1.807) is 0 Å². The second kappa shape index (κ2) is 10.8. The fourth-order valence-corrected chi connectivity index (χ4v) is 2.53. The highest BCUT2D eigenvalue weighted by Crippen LogP contribution is 2.18. The van der Waals surface area contributed by atoms with Crippen molar-refractivity contribution < 1.29 is 9.47 Å². The van der Waals surface area contributed by atoms with Gasteiger partial charge < -0.3 is 9.47 Å². The summed E-state index contributed by atoms with van der Waals surface area (Å²) in [6.45, 7) is 5.34. The monoisotopic (exact) mass is 256 g/mol. The van der Waals surface area contributed by atoms with Gasteiger partial charge in [-0.3, -0.25) is 0 Å². The van der Waals surface area contributed by atoms with Crippen LogP contribution in [0.15, 0.2) is 0 Å². The lowest BCUT2D eigenvalue weighted by Gasteiger charge is -2.26. The minimum absolute atomic E-state index is 0.0818. The van der Waals surface area contributed by atoms with Crippen molar-refractivity contribution in [2.24, 2.45) is 0 Å². The second-order valence-corrected chi connectivity index (χ2v) is 5.65. The number of ether oxygens (including phenoxy) is 2. The van der Waals surface area contributed by atoms with Crippen molar-refractivity contribution in [3.63, 3.8) is 0 Å². The Morgan fingerprint density at radius 2 is 1.78 bits per heavy atom. The molecule has 0 saturated carbocycles. The predicted octanol–water partition coefficient (Wildman–Crippen LogP) is 5.06. The molecule has 1 saturated heterocycles. The van der Waals surface area contributed by atoms with Crippen LogP contribution in [0.25, 0.3) is 0 Å². The Labute approximate surface area is 113 Å². The SMILES string of the molecule is CCCCCCCCCC(C)OC1CCCCO1.